The molecule has 0 spiro atoms. The van der Waals surface area contributed by atoms with E-state index in [0.717, 1.165) is 5.69 Å². The molecular formula is C11H11FN4OS. The minimum Gasteiger partial charge on any atom is -0.381 e. The molecular weight excluding hydrogens is 255 g/mol. The third-order valence-electron chi connectivity index (χ3n) is 2.38. The molecule has 0 unspecified atom stereocenters. The van der Waals surface area contributed by atoms with Crippen LogP contribution in [0.2, 0.25) is 0 Å². The van der Waals surface area contributed by atoms with E-state index in [1.807, 2.05) is 5.38 Å². The van der Waals surface area contributed by atoms with Crippen LogP contribution >= 0.6 is 11.3 Å². The Labute approximate surface area is 107 Å². The zero-order valence-electron chi connectivity index (χ0n) is 9.63. The summed E-state index contributed by atoms with van der Waals surface area (Å²) in [5.41, 5.74) is 7.69. The fraction of sp³-hybridized carbons (Fsp3) is 0.182. The molecule has 2 heterocycles. The number of hydrogen-bond donors (Lipinski definition) is 1. The summed E-state index contributed by atoms with van der Waals surface area (Å²) >= 11 is 1.44. The van der Waals surface area contributed by atoms with E-state index in [1.165, 1.54) is 28.5 Å². The van der Waals surface area contributed by atoms with Gasteiger partial charge in [0.2, 0.25) is 0 Å². The van der Waals surface area contributed by atoms with Gasteiger partial charge >= 0.3 is 0 Å². The van der Waals surface area contributed by atoms with E-state index in [0.29, 0.717) is 6.54 Å². The number of rotatable bonds is 3. The molecule has 2 aromatic rings. The van der Waals surface area contributed by atoms with Crippen molar-refractivity contribution in [3.63, 3.8) is 0 Å². The molecule has 2 rings (SSSR count). The molecule has 2 aromatic heterocycles. The number of hydrogen-bond acceptors (Lipinski definition) is 5. The monoisotopic (exact) mass is 266 g/mol. The summed E-state index contributed by atoms with van der Waals surface area (Å²) in [5, 5.41) is 1.83. The van der Waals surface area contributed by atoms with Crippen LogP contribution in [0.3, 0.4) is 0 Å². The Morgan fingerprint density at radius 3 is 3.00 bits per heavy atom. The molecule has 0 saturated carbocycles. The van der Waals surface area contributed by atoms with Gasteiger partial charge in [-0.3, -0.25) is 4.79 Å². The highest BCUT2D eigenvalue weighted by Crippen LogP contribution is 2.15. The molecule has 2 N–H and O–H groups in total. The highest BCUT2D eigenvalue weighted by atomic mass is 32.1. The van der Waals surface area contributed by atoms with Gasteiger partial charge in [-0.1, -0.05) is 0 Å². The lowest BCUT2D eigenvalue weighted by molar-refractivity contribution is 0.0779. The topological polar surface area (TPSA) is 72.1 Å². The number of carbonyl (C=O) groups excluding carboxylic acids is 1. The fourth-order valence-corrected chi connectivity index (χ4v) is 2.01. The van der Waals surface area contributed by atoms with Gasteiger partial charge in [0.05, 0.1) is 23.3 Å². The van der Waals surface area contributed by atoms with E-state index in [2.05, 4.69) is 9.97 Å². The summed E-state index contributed by atoms with van der Waals surface area (Å²) in [5.74, 6) is -1.51. The van der Waals surface area contributed by atoms with Crippen molar-refractivity contribution in [2.45, 2.75) is 6.54 Å². The zero-order valence-corrected chi connectivity index (χ0v) is 10.4. The predicted molar refractivity (Wildman–Crippen MR) is 66.5 cm³/mol. The third-order valence-corrected chi connectivity index (χ3v) is 3.01. The molecule has 94 valence electrons. The van der Waals surface area contributed by atoms with Crippen molar-refractivity contribution in [3.05, 3.63) is 40.2 Å². The lowest BCUT2D eigenvalue weighted by Gasteiger charge is -2.16. The maximum atomic E-state index is 13.6. The summed E-state index contributed by atoms with van der Waals surface area (Å²) in [6.07, 6.45) is 1.31. The molecule has 1 amide bonds. The molecule has 0 aromatic carbocycles. The van der Waals surface area contributed by atoms with Crippen molar-refractivity contribution in [1.29, 1.82) is 0 Å². The highest BCUT2D eigenvalue weighted by Gasteiger charge is 2.18. The lowest BCUT2D eigenvalue weighted by Crippen LogP contribution is -2.27. The van der Waals surface area contributed by atoms with Crippen molar-refractivity contribution in [2.75, 3.05) is 12.8 Å². The van der Waals surface area contributed by atoms with Crippen LogP contribution in [0.4, 0.5) is 10.2 Å². The SMILES string of the molecule is CN(Cc1cscn1)C(=O)c1ccnc(N)c1F. The first-order valence-corrected chi connectivity index (χ1v) is 6.06. The quantitative estimate of drug-likeness (QED) is 0.914. The Bertz CT molecular complexity index is 558. The van der Waals surface area contributed by atoms with Gasteiger partial charge in [-0.25, -0.2) is 14.4 Å². The number of anilines is 1. The summed E-state index contributed by atoms with van der Waals surface area (Å²) in [7, 11) is 1.58. The number of aromatic nitrogens is 2. The lowest BCUT2D eigenvalue weighted by atomic mass is 10.2. The second-order valence-corrected chi connectivity index (χ2v) is 4.42. The maximum Gasteiger partial charge on any atom is 0.257 e. The molecule has 7 heteroatoms. The molecule has 0 aliphatic heterocycles. The fourth-order valence-electron chi connectivity index (χ4n) is 1.46. The van der Waals surface area contributed by atoms with E-state index in [9.17, 15) is 9.18 Å². The van der Waals surface area contributed by atoms with Crippen molar-refractivity contribution < 1.29 is 9.18 Å². The molecule has 0 aliphatic carbocycles. The van der Waals surface area contributed by atoms with Crippen LogP contribution in [0.15, 0.2) is 23.2 Å². The molecule has 0 radical (unpaired) electrons. The Morgan fingerprint density at radius 2 is 2.33 bits per heavy atom. The van der Waals surface area contributed by atoms with Gasteiger partial charge < -0.3 is 10.6 Å². The summed E-state index contributed by atoms with van der Waals surface area (Å²) in [6, 6.07) is 1.31. The first kappa shape index (κ1) is 12.4. The summed E-state index contributed by atoms with van der Waals surface area (Å²) in [4.78, 5) is 21.0. The first-order valence-electron chi connectivity index (χ1n) is 5.12. The van der Waals surface area contributed by atoms with Crippen molar-refractivity contribution in [1.82, 2.24) is 14.9 Å². The number of nitrogen functional groups attached to an aromatic ring is 1. The number of nitrogens with two attached hydrogens (primary N) is 1. The van der Waals surface area contributed by atoms with Gasteiger partial charge in [-0.05, 0) is 6.07 Å². The average molecular weight is 266 g/mol. The number of amides is 1. The number of carbonyl (C=O) groups is 1. The summed E-state index contributed by atoms with van der Waals surface area (Å²) in [6.45, 7) is 0.323. The standard InChI is InChI=1S/C11H11FN4OS/c1-16(4-7-5-18-6-15-7)11(17)8-2-3-14-10(13)9(8)12/h2-3,5-6H,4H2,1H3,(H2,13,14). The Morgan fingerprint density at radius 1 is 1.56 bits per heavy atom. The first-order chi connectivity index (χ1) is 8.59. The van der Waals surface area contributed by atoms with E-state index in [1.54, 1.807) is 12.6 Å². The highest BCUT2D eigenvalue weighted by molar-refractivity contribution is 7.07. The number of pyridine rings is 1. The van der Waals surface area contributed by atoms with E-state index in [4.69, 9.17) is 5.73 Å². The van der Waals surface area contributed by atoms with Crippen LogP contribution in [-0.2, 0) is 6.54 Å². The van der Waals surface area contributed by atoms with Crippen LogP contribution in [-0.4, -0.2) is 27.8 Å². The molecule has 0 atom stereocenters. The second kappa shape index (κ2) is 5.09. The molecule has 5 nitrogen and oxygen atoms in total. The van der Waals surface area contributed by atoms with Crippen molar-refractivity contribution >= 4 is 23.1 Å². The molecule has 0 fully saturated rings. The smallest absolute Gasteiger partial charge is 0.257 e. The van der Waals surface area contributed by atoms with Gasteiger partial charge in [-0.2, -0.15) is 0 Å². The minimum absolute atomic E-state index is 0.0831. The summed E-state index contributed by atoms with van der Waals surface area (Å²) < 4.78 is 13.6. The molecule has 0 aliphatic rings. The van der Waals surface area contributed by atoms with Crippen LogP contribution < -0.4 is 5.73 Å². The Hall–Kier alpha value is -2.02. The average Bonchev–Trinajstić information content (AvgIpc) is 2.84. The number of nitrogens with zero attached hydrogens (tertiary/aromatic N) is 3. The normalized spacial score (nSPS) is 10.3. The second-order valence-electron chi connectivity index (χ2n) is 3.70. The van der Waals surface area contributed by atoms with Crippen LogP contribution in [0, 0.1) is 5.82 Å². The van der Waals surface area contributed by atoms with Gasteiger partial charge in [0, 0.05) is 18.6 Å². The zero-order chi connectivity index (χ0) is 13.1. The molecule has 0 saturated heterocycles. The molecule has 0 bridgehead atoms. The van der Waals surface area contributed by atoms with Gasteiger partial charge in [0.15, 0.2) is 11.6 Å². The van der Waals surface area contributed by atoms with Crippen LogP contribution in [0.5, 0.6) is 0 Å². The Balaban J connectivity index is 2.18. The Kier molecular flexibility index (Phi) is 3.52. The predicted octanol–water partition coefficient (Wildman–Crippen LogP) is 1.53. The van der Waals surface area contributed by atoms with Crippen molar-refractivity contribution in [2.24, 2.45) is 0 Å². The van der Waals surface area contributed by atoms with Crippen LogP contribution in [0.1, 0.15) is 16.1 Å². The van der Waals surface area contributed by atoms with Gasteiger partial charge in [0.25, 0.3) is 5.91 Å². The minimum atomic E-state index is -0.785. The maximum absolute atomic E-state index is 13.6. The van der Waals surface area contributed by atoms with E-state index < -0.39 is 11.7 Å². The van der Waals surface area contributed by atoms with Crippen molar-refractivity contribution in [3.8, 4) is 0 Å². The van der Waals surface area contributed by atoms with E-state index in [-0.39, 0.29) is 11.4 Å². The third kappa shape index (κ3) is 2.45. The number of halogens is 1. The molecule has 18 heavy (non-hydrogen) atoms. The van der Waals surface area contributed by atoms with E-state index >= 15 is 0 Å². The number of thiazole rings is 1. The van der Waals surface area contributed by atoms with Crippen LogP contribution in [0.25, 0.3) is 0 Å². The van der Waals surface area contributed by atoms with Gasteiger partial charge in [-0.15, -0.1) is 11.3 Å². The largest absolute Gasteiger partial charge is 0.381 e. The van der Waals surface area contributed by atoms with Gasteiger partial charge in [0.1, 0.15) is 0 Å².